The molecule has 1 aliphatic heterocycles. The highest BCUT2D eigenvalue weighted by molar-refractivity contribution is 6.33. The Morgan fingerprint density at radius 1 is 1.36 bits per heavy atom. The van der Waals surface area contributed by atoms with Gasteiger partial charge in [-0.05, 0) is 48.1 Å². The molecule has 6 heteroatoms. The molecule has 1 atom stereocenters. The van der Waals surface area contributed by atoms with E-state index in [1.54, 1.807) is 12.3 Å². The lowest BCUT2D eigenvalue weighted by Crippen LogP contribution is -2.41. The molecule has 0 saturated heterocycles. The molecule has 1 aromatic carbocycles. The van der Waals surface area contributed by atoms with Crippen molar-refractivity contribution in [2.45, 2.75) is 31.4 Å². The number of rotatable bonds is 4. The van der Waals surface area contributed by atoms with Crippen LogP contribution < -0.4 is 10.1 Å². The number of aromatic nitrogens is 1. The maximum Gasteiger partial charge on any atom is 0.253 e. The molecule has 4 rings (SSSR count). The van der Waals surface area contributed by atoms with Gasteiger partial charge < -0.3 is 15.2 Å². The lowest BCUT2D eigenvalue weighted by Gasteiger charge is -2.38. The second-order valence-electron chi connectivity index (χ2n) is 6.66. The third kappa shape index (κ3) is 3.22. The number of benzene rings is 1. The smallest absolute Gasteiger partial charge is 0.253 e. The summed E-state index contributed by atoms with van der Waals surface area (Å²) in [4.78, 5) is 16.6. The molecule has 2 aromatic rings. The third-order valence-electron chi connectivity index (χ3n) is 5.00. The van der Waals surface area contributed by atoms with E-state index in [4.69, 9.17) is 16.3 Å². The van der Waals surface area contributed by atoms with Gasteiger partial charge in [0.15, 0.2) is 0 Å². The topological polar surface area (TPSA) is 71.5 Å². The number of aliphatic hydroxyl groups excluding tert-OH is 1. The van der Waals surface area contributed by atoms with Gasteiger partial charge in [0.1, 0.15) is 5.75 Å². The molecule has 1 unspecified atom stereocenters. The van der Waals surface area contributed by atoms with E-state index < -0.39 is 0 Å². The van der Waals surface area contributed by atoms with Crippen LogP contribution in [0.2, 0.25) is 5.02 Å². The van der Waals surface area contributed by atoms with Crippen molar-refractivity contribution in [1.29, 1.82) is 0 Å². The summed E-state index contributed by atoms with van der Waals surface area (Å²) < 4.78 is 5.57. The van der Waals surface area contributed by atoms with Crippen LogP contribution in [0.4, 0.5) is 0 Å². The molecule has 2 N–H and O–H groups in total. The van der Waals surface area contributed by atoms with Gasteiger partial charge in [-0.25, -0.2) is 0 Å². The molecule has 2 aliphatic rings. The number of nitrogens with zero attached hydrogens (tertiary/aromatic N) is 1. The normalized spacial score (nSPS) is 22.5. The first-order chi connectivity index (χ1) is 12.1. The predicted molar refractivity (Wildman–Crippen MR) is 93.8 cm³/mol. The molecule has 1 fully saturated rings. The highest BCUT2D eigenvalue weighted by Gasteiger charge is 2.36. The molecular formula is C19H19ClN2O3. The van der Waals surface area contributed by atoms with Crippen molar-refractivity contribution in [3.8, 4) is 5.75 Å². The number of nitrogens with one attached hydrogen (secondary N) is 1. The first kappa shape index (κ1) is 16.4. The van der Waals surface area contributed by atoms with Crippen molar-refractivity contribution in [2.24, 2.45) is 5.92 Å². The standard InChI is InChI=1S/C19H19ClN2O3/c20-16-10-21-5-3-15(16)19(24)22-18(13-8-14(23)9-13)12-1-2-17-11(7-12)4-6-25-17/h1-3,5,7,10,13-14,18,23H,4,6,8-9H2,(H,22,24). The van der Waals surface area contributed by atoms with Crippen molar-refractivity contribution < 1.29 is 14.6 Å². The summed E-state index contributed by atoms with van der Waals surface area (Å²) in [5.74, 6) is 0.898. The summed E-state index contributed by atoms with van der Waals surface area (Å²) >= 11 is 6.10. The van der Waals surface area contributed by atoms with Crippen LogP contribution in [0.15, 0.2) is 36.7 Å². The van der Waals surface area contributed by atoms with Gasteiger partial charge in [-0.15, -0.1) is 0 Å². The Hall–Kier alpha value is -2.11. The summed E-state index contributed by atoms with van der Waals surface area (Å²) in [7, 11) is 0. The van der Waals surface area contributed by atoms with Crippen LogP contribution in [-0.2, 0) is 6.42 Å². The minimum absolute atomic E-state index is 0.161. The first-order valence-corrected chi connectivity index (χ1v) is 8.83. The fraction of sp³-hybridized carbons (Fsp3) is 0.368. The number of carbonyl (C=O) groups excluding carboxylic acids is 1. The Balaban J connectivity index is 1.61. The molecule has 2 heterocycles. The number of hydrogen-bond acceptors (Lipinski definition) is 4. The van der Waals surface area contributed by atoms with Gasteiger partial charge in [-0.1, -0.05) is 17.7 Å². The van der Waals surface area contributed by atoms with Crippen LogP contribution in [0.5, 0.6) is 5.75 Å². The van der Waals surface area contributed by atoms with E-state index in [0.717, 1.165) is 17.7 Å². The van der Waals surface area contributed by atoms with Crippen LogP contribution in [0.25, 0.3) is 0 Å². The molecule has 1 aromatic heterocycles. The fourth-order valence-electron chi connectivity index (χ4n) is 3.55. The Morgan fingerprint density at radius 2 is 2.20 bits per heavy atom. The van der Waals surface area contributed by atoms with E-state index in [1.807, 2.05) is 12.1 Å². The number of halogens is 1. The zero-order chi connectivity index (χ0) is 17.4. The highest BCUT2D eigenvalue weighted by atomic mass is 35.5. The van der Waals surface area contributed by atoms with Crippen molar-refractivity contribution in [2.75, 3.05) is 6.61 Å². The number of fused-ring (bicyclic) bond motifs is 1. The van der Waals surface area contributed by atoms with Crippen LogP contribution in [0.1, 0.15) is 40.4 Å². The van der Waals surface area contributed by atoms with Crippen LogP contribution in [0, 0.1) is 5.92 Å². The number of pyridine rings is 1. The van der Waals surface area contributed by atoms with E-state index in [9.17, 15) is 9.90 Å². The summed E-state index contributed by atoms with van der Waals surface area (Å²) in [6.45, 7) is 0.699. The fourth-order valence-corrected chi connectivity index (χ4v) is 3.76. The van der Waals surface area contributed by atoms with Crippen LogP contribution in [-0.4, -0.2) is 28.7 Å². The third-order valence-corrected chi connectivity index (χ3v) is 5.30. The van der Waals surface area contributed by atoms with Crippen LogP contribution >= 0.6 is 11.6 Å². The summed E-state index contributed by atoms with van der Waals surface area (Å²) in [5, 5.41) is 13.1. The average molecular weight is 359 g/mol. The van der Waals surface area contributed by atoms with Gasteiger partial charge in [0, 0.05) is 18.8 Å². The molecule has 5 nitrogen and oxygen atoms in total. The van der Waals surface area contributed by atoms with E-state index in [1.165, 1.54) is 11.8 Å². The molecular weight excluding hydrogens is 340 g/mol. The molecule has 1 aliphatic carbocycles. The van der Waals surface area contributed by atoms with Gasteiger partial charge in [-0.2, -0.15) is 0 Å². The number of aliphatic hydroxyl groups is 1. The second kappa shape index (κ2) is 6.65. The van der Waals surface area contributed by atoms with Gasteiger partial charge in [0.05, 0.1) is 29.3 Å². The molecule has 25 heavy (non-hydrogen) atoms. The zero-order valence-electron chi connectivity index (χ0n) is 13.6. The van der Waals surface area contributed by atoms with E-state index in [-0.39, 0.29) is 24.0 Å². The van der Waals surface area contributed by atoms with Gasteiger partial charge in [-0.3, -0.25) is 9.78 Å². The molecule has 1 amide bonds. The Kier molecular flexibility index (Phi) is 4.36. The molecule has 130 valence electrons. The quantitative estimate of drug-likeness (QED) is 0.881. The first-order valence-electron chi connectivity index (χ1n) is 8.46. The minimum atomic E-state index is -0.285. The Bertz CT molecular complexity index is 805. The molecule has 0 bridgehead atoms. The molecule has 0 spiro atoms. The van der Waals surface area contributed by atoms with E-state index >= 15 is 0 Å². The number of amides is 1. The van der Waals surface area contributed by atoms with Crippen molar-refractivity contribution in [3.63, 3.8) is 0 Å². The SMILES string of the molecule is O=C(NC(c1ccc2c(c1)CCO2)C1CC(O)C1)c1ccncc1Cl. The van der Waals surface area contributed by atoms with Gasteiger partial charge in [0.25, 0.3) is 5.91 Å². The van der Waals surface area contributed by atoms with Gasteiger partial charge >= 0.3 is 0 Å². The Labute approximate surface area is 151 Å². The maximum atomic E-state index is 12.7. The van der Waals surface area contributed by atoms with Crippen molar-refractivity contribution in [3.05, 3.63) is 58.4 Å². The predicted octanol–water partition coefficient (Wildman–Crippen LogP) is 2.91. The summed E-state index contributed by atoms with van der Waals surface area (Å²) in [5.41, 5.74) is 2.62. The lowest BCUT2D eigenvalue weighted by molar-refractivity contribution is 0.0235. The van der Waals surface area contributed by atoms with E-state index in [2.05, 4.69) is 16.4 Å². The van der Waals surface area contributed by atoms with E-state index in [0.29, 0.717) is 30.0 Å². The zero-order valence-corrected chi connectivity index (χ0v) is 14.4. The minimum Gasteiger partial charge on any atom is -0.493 e. The molecule has 1 saturated carbocycles. The average Bonchev–Trinajstić information content (AvgIpc) is 3.05. The van der Waals surface area contributed by atoms with Crippen molar-refractivity contribution in [1.82, 2.24) is 10.3 Å². The highest BCUT2D eigenvalue weighted by Crippen LogP contribution is 2.40. The monoisotopic (exact) mass is 358 g/mol. The number of ether oxygens (including phenoxy) is 1. The van der Waals surface area contributed by atoms with Gasteiger partial charge in [0.2, 0.25) is 0 Å². The summed E-state index contributed by atoms with van der Waals surface area (Å²) in [6.07, 6.45) is 4.98. The molecule has 0 radical (unpaired) electrons. The summed E-state index contributed by atoms with van der Waals surface area (Å²) in [6, 6.07) is 7.51. The Morgan fingerprint density at radius 3 is 2.96 bits per heavy atom. The number of hydrogen-bond donors (Lipinski definition) is 2. The van der Waals surface area contributed by atoms with Crippen molar-refractivity contribution >= 4 is 17.5 Å². The lowest BCUT2D eigenvalue weighted by atomic mass is 9.74. The number of carbonyl (C=O) groups is 1. The maximum absolute atomic E-state index is 12.7. The second-order valence-corrected chi connectivity index (χ2v) is 7.06. The largest absolute Gasteiger partial charge is 0.493 e. The van der Waals surface area contributed by atoms with Crippen LogP contribution in [0.3, 0.4) is 0 Å².